The monoisotopic (exact) mass is 284 g/mol. The van der Waals surface area contributed by atoms with Crippen molar-refractivity contribution in [1.82, 2.24) is 10.2 Å². The van der Waals surface area contributed by atoms with Crippen molar-refractivity contribution in [2.75, 3.05) is 32.8 Å². The van der Waals surface area contributed by atoms with Gasteiger partial charge in [-0.15, -0.1) is 0 Å². The summed E-state index contributed by atoms with van der Waals surface area (Å²) in [6.07, 6.45) is 7.35. The van der Waals surface area contributed by atoms with Crippen LogP contribution in [0.5, 0.6) is 0 Å². The molecule has 3 heteroatoms. The number of aliphatic hydroxyl groups is 1. The highest BCUT2D eigenvalue weighted by molar-refractivity contribution is 4.80. The quantitative estimate of drug-likeness (QED) is 0.647. The van der Waals surface area contributed by atoms with Gasteiger partial charge in [-0.1, -0.05) is 20.3 Å². The molecule has 0 aromatic rings. The van der Waals surface area contributed by atoms with Crippen molar-refractivity contribution < 1.29 is 5.11 Å². The molecule has 2 N–H and O–H groups in total. The summed E-state index contributed by atoms with van der Waals surface area (Å²) in [6.45, 7) is 12.1. The second kappa shape index (κ2) is 10.6. The normalized spacial score (nSPS) is 21.0. The number of aliphatic hydroxyl groups excluding tert-OH is 1. The first-order valence-electron chi connectivity index (χ1n) is 8.77. The molecule has 3 nitrogen and oxygen atoms in total. The van der Waals surface area contributed by atoms with Crippen LogP contribution in [0.2, 0.25) is 0 Å². The first-order chi connectivity index (χ1) is 9.71. The fraction of sp³-hybridized carbons (Fsp3) is 1.00. The molecule has 1 heterocycles. The Hall–Kier alpha value is -0.120. The molecule has 1 rings (SSSR count). The van der Waals surface area contributed by atoms with Gasteiger partial charge in [0.1, 0.15) is 0 Å². The van der Waals surface area contributed by atoms with Gasteiger partial charge >= 0.3 is 0 Å². The first-order valence-corrected chi connectivity index (χ1v) is 8.77. The van der Waals surface area contributed by atoms with Gasteiger partial charge in [0.05, 0.1) is 0 Å². The van der Waals surface area contributed by atoms with Gasteiger partial charge in [0.2, 0.25) is 0 Å². The van der Waals surface area contributed by atoms with Crippen molar-refractivity contribution >= 4 is 0 Å². The van der Waals surface area contributed by atoms with E-state index in [4.69, 9.17) is 5.11 Å². The predicted octanol–water partition coefficient (Wildman–Crippen LogP) is 2.89. The molecule has 0 aromatic carbocycles. The Balaban J connectivity index is 2.23. The molecule has 20 heavy (non-hydrogen) atoms. The number of hydrogen-bond acceptors (Lipinski definition) is 3. The predicted molar refractivity (Wildman–Crippen MR) is 87.0 cm³/mol. The summed E-state index contributed by atoms with van der Waals surface area (Å²) in [7, 11) is 0. The van der Waals surface area contributed by atoms with E-state index in [9.17, 15) is 0 Å². The third-order valence-corrected chi connectivity index (χ3v) is 4.84. The molecule has 0 radical (unpaired) electrons. The van der Waals surface area contributed by atoms with Crippen LogP contribution in [0.25, 0.3) is 0 Å². The molecule has 0 amide bonds. The highest BCUT2D eigenvalue weighted by Crippen LogP contribution is 2.21. The van der Waals surface area contributed by atoms with E-state index in [1.165, 1.54) is 51.7 Å². The Morgan fingerprint density at radius 2 is 1.85 bits per heavy atom. The van der Waals surface area contributed by atoms with Crippen molar-refractivity contribution in [3.8, 4) is 0 Å². The lowest BCUT2D eigenvalue weighted by atomic mass is 9.89. The van der Waals surface area contributed by atoms with Crippen LogP contribution in [-0.2, 0) is 0 Å². The van der Waals surface area contributed by atoms with Gasteiger partial charge in [0, 0.05) is 12.6 Å². The van der Waals surface area contributed by atoms with E-state index in [1.54, 1.807) is 0 Å². The topological polar surface area (TPSA) is 35.5 Å². The van der Waals surface area contributed by atoms with Crippen LogP contribution in [0.4, 0.5) is 0 Å². The maximum absolute atomic E-state index is 9.12. The van der Waals surface area contributed by atoms with Crippen LogP contribution in [0.1, 0.15) is 59.3 Å². The van der Waals surface area contributed by atoms with Crippen molar-refractivity contribution in [2.24, 2.45) is 11.8 Å². The zero-order valence-corrected chi connectivity index (χ0v) is 13.9. The first kappa shape index (κ1) is 17.9. The molecule has 0 saturated carbocycles. The lowest BCUT2D eigenvalue weighted by Gasteiger charge is -2.35. The molecule has 1 fully saturated rings. The van der Waals surface area contributed by atoms with E-state index in [0.717, 1.165) is 18.9 Å². The number of rotatable bonds is 10. The summed E-state index contributed by atoms with van der Waals surface area (Å²) in [5.41, 5.74) is 0. The van der Waals surface area contributed by atoms with Gasteiger partial charge in [-0.25, -0.2) is 0 Å². The maximum atomic E-state index is 9.12. The molecule has 2 atom stereocenters. The van der Waals surface area contributed by atoms with Crippen LogP contribution in [0, 0.1) is 11.8 Å². The van der Waals surface area contributed by atoms with E-state index in [1.807, 2.05) is 0 Å². The summed E-state index contributed by atoms with van der Waals surface area (Å²) >= 11 is 0. The molecule has 1 aliphatic heterocycles. The minimum atomic E-state index is 0.329. The van der Waals surface area contributed by atoms with Crippen molar-refractivity contribution in [1.29, 1.82) is 0 Å². The van der Waals surface area contributed by atoms with Crippen LogP contribution in [-0.4, -0.2) is 48.8 Å². The Kier molecular flexibility index (Phi) is 9.49. The molecule has 1 aliphatic rings. The average molecular weight is 284 g/mol. The fourth-order valence-electron chi connectivity index (χ4n) is 3.45. The van der Waals surface area contributed by atoms with Gasteiger partial charge in [-0.3, -0.25) is 0 Å². The number of likely N-dealkylation sites (tertiary alicyclic amines) is 1. The van der Waals surface area contributed by atoms with E-state index >= 15 is 0 Å². The van der Waals surface area contributed by atoms with Crippen LogP contribution >= 0.6 is 0 Å². The molecule has 2 unspecified atom stereocenters. The molecule has 0 aliphatic carbocycles. The second-order valence-corrected chi connectivity index (χ2v) is 6.54. The van der Waals surface area contributed by atoms with Crippen molar-refractivity contribution in [3.63, 3.8) is 0 Å². The minimum Gasteiger partial charge on any atom is -0.396 e. The Labute approximate surface area is 126 Å². The van der Waals surface area contributed by atoms with E-state index in [0.29, 0.717) is 18.6 Å². The van der Waals surface area contributed by atoms with Gasteiger partial charge in [0.15, 0.2) is 0 Å². The van der Waals surface area contributed by atoms with Gasteiger partial charge in [-0.05, 0) is 77.0 Å². The van der Waals surface area contributed by atoms with Gasteiger partial charge in [0.25, 0.3) is 0 Å². The van der Waals surface area contributed by atoms with Gasteiger partial charge in [-0.2, -0.15) is 0 Å². The SMILES string of the molecule is CCCC(CCO)CNC(C)C1CCN(CCC)CC1. The van der Waals surface area contributed by atoms with Crippen molar-refractivity contribution in [3.05, 3.63) is 0 Å². The summed E-state index contributed by atoms with van der Waals surface area (Å²) in [5.74, 6) is 1.48. The number of piperidine rings is 1. The lowest BCUT2D eigenvalue weighted by Crippen LogP contribution is -2.43. The summed E-state index contributed by atoms with van der Waals surface area (Å²) in [6, 6.07) is 0.622. The number of nitrogens with one attached hydrogen (secondary N) is 1. The molecular weight excluding hydrogens is 248 g/mol. The molecule has 0 bridgehead atoms. The largest absolute Gasteiger partial charge is 0.396 e. The Morgan fingerprint density at radius 1 is 1.15 bits per heavy atom. The van der Waals surface area contributed by atoms with Crippen LogP contribution in [0.15, 0.2) is 0 Å². The minimum absolute atomic E-state index is 0.329. The summed E-state index contributed by atoms with van der Waals surface area (Å²) in [4.78, 5) is 2.61. The molecule has 1 saturated heterocycles. The number of nitrogens with zero attached hydrogens (tertiary/aromatic N) is 1. The fourth-order valence-corrected chi connectivity index (χ4v) is 3.45. The number of hydrogen-bond donors (Lipinski definition) is 2. The van der Waals surface area contributed by atoms with Crippen molar-refractivity contribution in [2.45, 2.75) is 65.3 Å². The van der Waals surface area contributed by atoms with Crippen LogP contribution in [0.3, 0.4) is 0 Å². The standard InChI is InChI=1S/C17H36N2O/c1-4-6-16(9-13-20)14-18-15(3)17-7-11-19(10-5-2)12-8-17/h15-18,20H,4-14H2,1-3H3. The Morgan fingerprint density at radius 3 is 2.40 bits per heavy atom. The second-order valence-electron chi connectivity index (χ2n) is 6.54. The van der Waals surface area contributed by atoms with Gasteiger partial charge < -0.3 is 15.3 Å². The summed E-state index contributed by atoms with van der Waals surface area (Å²) in [5, 5.41) is 12.9. The van der Waals surface area contributed by atoms with E-state index in [2.05, 4.69) is 31.0 Å². The summed E-state index contributed by atoms with van der Waals surface area (Å²) < 4.78 is 0. The third kappa shape index (κ3) is 6.55. The highest BCUT2D eigenvalue weighted by atomic mass is 16.3. The third-order valence-electron chi connectivity index (χ3n) is 4.84. The molecular formula is C17H36N2O. The van der Waals surface area contributed by atoms with E-state index < -0.39 is 0 Å². The molecule has 0 aromatic heterocycles. The molecule has 0 spiro atoms. The highest BCUT2D eigenvalue weighted by Gasteiger charge is 2.23. The van der Waals surface area contributed by atoms with E-state index in [-0.39, 0.29) is 0 Å². The average Bonchev–Trinajstić information content (AvgIpc) is 2.46. The lowest BCUT2D eigenvalue weighted by molar-refractivity contribution is 0.159. The van der Waals surface area contributed by atoms with Crippen LogP contribution < -0.4 is 5.32 Å². The maximum Gasteiger partial charge on any atom is 0.0434 e. The Bertz CT molecular complexity index is 221. The zero-order chi connectivity index (χ0) is 14.8. The smallest absolute Gasteiger partial charge is 0.0434 e. The molecule has 120 valence electrons. The zero-order valence-electron chi connectivity index (χ0n) is 13.9.